The molecule has 0 spiro atoms. The number of nitrogens with zero attached hydrogens (tertiary/aromatic N) is 1. The van der Waals surface area contributed by atoms with Crippen LogP contribution in [0.2, 0.25) is 5.02 Å². The maximum Gasteiger partial charge on any atom is 0.169 e. The number of rotatable bonds is 1. The van der Waals surface area contributed by atoms with Gasteiger partial charge in [-0.15, -0.1) is 0 Å². The van der Waals surface area contributed by atoms with Gasteiger partial charge >= 0.3 is 0 Å². The van der Waals surface area contributed by atoms with Crippen molar-refractivity contribution in [1.29, 1.82) is 0 Å². The molecule has 2 N–H and O–H groups in total. The molecule has 0 fully saturated rings. The molecule has 0 saturated carbocycles. The standard InChI is InChI=1S/C13H13ClN2O2/c1-13(2)6-8-3-7(4-9(14)12(8)17-13)10-5-11(15)16-18-10/h3-5H,6H2,1-2H3,(H2,15,16). The van der Waals surface area contributed by atoms with Gasteiger partial charge in [0.2, 0.25) is 0 Å². The van der Waals surface area contributed by atoms with Crippen molar-refractivity contribution in [3.05, 3.63) is 28.8 Å². The van der Waals surface area contributed by atoms with E-state index in [1.54, 1.807) is 6.07 Å². The number of anilines is 1. The van der Waals surface area contributed by atoms with Crippen LogP contribution in [0.3, 0.4) is 0 Å². The molecule has 1 aromatic heterocycles. The predicted octanol–water partition coefficient (Wildman–Crippen LogP) is 3.29. The van der Waals surface area contributed by atoms with Crippen LogP contribution >= 0.6 is 11.6 Å². The van der Waals surface area contributed by atoms with Crippen molar-refractivity contribution >= 4 is 17.4 Å². The number of halogens is 1. The fourth-order valence-corrected chi connectivity index (χ4v) is 2.51. The van der Waals surface area contributed by atoms with Gasteiger partial charge in [-0.05, 0) is 26.0 Å². The fourth-order valence-electron chi connectivity index (χ4n) is 2.23. The number of aromatic nitrogens is 1. The maximum atomic E-state index is 6.24. The summed E-state index contributed by atoms with van der Waals surface area (Å²) in [5.74, 6) is 1.73. The number of ether oxygens (including phenoxy) is 1. The first kappa shape index (κ1) is 11.4. The zero-order chi connectivity index (χ0) is 12.9. The molecule has 0 unspecified atom stereocenters. The van der Waals surface area contributed by atoms with Crippen LogP contribution in [0.15, 0.2) is 22.7 Å². The second kappa shape index (κ2) is 3.65. The van der Waals surface area contributed by atoms with Crippen molar-refractivity contribution in [3.8, 4) is 17.1 Å². The van der Waals surface area contributed by atoms with E-state index < -0.39 is 0 Å². The van der Waals surface area contributed by atoms with Gasteiger partial charge in [-0.2, -0.15) is 0 Å². The predicted molar refractivity (Wildman–Crippen MR) is 69.8 cm³/mol. The van der Waals surface area contributed by atoms with Gasteiger partial charge in [0.25, 0.3) is 0 Å². The third kappa shape index (κ3) is 1.82. The highest BCUT2D eigenvalue weighted by Crippen LogP contribution is 2.42. The molecular formula is C13H13ClN2O2. The zero-order valence-corrected chi connectivity index (χ0v) is 10.9. The lowest BCUT2D eigenvalue weighted by Gasteiger charge is -2.17. The van der Waals surface area contributed by atoms with Gasteiger partial charge in [-0.25, -0.2) is 0 Å². The van der Waals surface area contributed by atoms with Gasteiger partial charge < -0.3 is 15.0 Å². The van der Waals surface area contributed by atoms with Crippen molar-refractivity contribution in [2.24, 2.45) is 0 Å². The van der Waals surface area contributed by atoms with E-state index in [2.05, 4.69) is 5.16 Å². The summed E-state index contributed by atoms with van der Waals surface area (Å²) in [7, 11) is 0. The Labute approximate surface area is 110 Å². The molecule has 0 amide bonds. The molecule has 1 aliphatic heterocycles. The van der Waals surface area contributed by atoms with Crippen LogP contribution in [0.4, 0.5) is 5.82 Å². The zero-order valence-electron chi connectivity index (χ0n) is 10.2. The van der Waals surface area contributed by atoms with Crippen molar-refractivity contribution in [2.45, 2.75) is 25.9 Å². The van der Waals surface area contributed by atoms with Gasteiger partial charge in [-0.3, -0.25) is 0 Å². The summed E-state index contributed by atoms with van der Waals surface area (Å²) in [5, 5.41) is 4.26. The summed E-state index contributed by atoms with van der Waals surface area (Å²) in [6, 6.07) is 5.50. The van der Waals surface area contributed by atoms with E-state index in [0.717, 1.165) is 23.3 Å². The summed E-state index contributed by atoms with van der Waals surface area (Å²) in [5.41, 5.74) is 7.28. The Morgan fingerprint density at radius 3 is 2.78 bits per heavy atom. The lowest BCUT2D eigenvalue weighted by Crippen LogP contribution is -2.24. The molecule has 0 radical (unpaired) electrons. The largest absolute Gasteiger partial charge is 0.486 e. The molecule has 18 heavy (non-hydrogen) atoms. The average molecular weight is 265 g/mol. The molecule has 0 aliphatic carbocycles. The van der Waals surface area contributed by atoms with Gasteiger partial charge in [0.1, 0.15) is 11.4 Å². The Balaban J connectivity index is 2.09. The van der Waals surface area contributed by atoms with Crippen LogP contribution < -0.4 is 10.5 Å². The second-order valence-corrected chi connectivity index (χ2v) is 5.51. The first-order chi connectivity index (χ1) is 8.44. The Hall–Kier alpha value is -1.68. The van der Waals surface area contributed by atoms with Gasteiger partial charge in [0, 0.05) is 23.6 Å². The molecule has 4 nitrogen and oxygen atoms in total. The average Bonchev–Trinajstić information content (AvgIpc) is 2.81. The Morgan fingerprint density at radius 2 is 2.11 bits per heavy atom. The molecule has 0 saturated heterocycles. The van der Waals surface area contributed by atoms with Crippen LogP contribution in [0.1, 0.15) is 19.4 Å². The van der Waals surface area contributed by atoms with Crippen molar-refractivity contribution in [1.82, 2.24) is 5.16 Å². The molecular weight excluding hydrogens is 252 g/mol. The third-order valence-electron chi connectivity index (χ3n) is 2.93. The molecule has 1 aliphatic rings. The first-order valence-electron chi connectivity index (χ1n) is 5.69. The fraction of sp³-hybridized carbons (Fsp3) is 0.308. The first-order valence-corrected chi connectivity index (χ1v) is 6.06. The summed E-state index contributed by atoms with van der Waals surface area (Å²) in [4.78, 5) is 0. The van der Waals surface area contributed by atoms with Crippen LogP contribution in [0.25, 0.3) is 11.3 Å². The third-order valence-corrected chi connectivity index (χ3v) is 3.21. The molecule has 0 atom stereocenters. The highest BCUT2D eigenvalue weighted by molar-refractivity contribution is 6.32. The van der Waals surface area contributed by atoms with Crippen molar-refractivity contribution < 1.29 is 9.26 Å². The van der Waals surface area contributed by atoms with Crippen molar-refractivity contribution in [3.63, 3.8) is 0 Å². The van der Waals surface area contributed by atoms with Gasteiger partial charge in [-0.1, -0.05) is 16.8 Å². The molecule has 3 rings (SSSR count). The van der Waals surface area contributed by atoms with Crippen LogP contribution in [-0.4, -0.2) is 10.8 Å². The minimum atomic E-state index is -0.217. The molecule has 1 aromatic carbocycles. The second-order valence-electron chi connectivity index (χ2n) is 5.10. The van der Waals surface area contributed by atoms with Crippen LogP contribution in [-0.2, 0) is 6.42 Å². The highest BCUT2D eigenvalue weighted by Gasteiger charge is 2.32. The molecule has 0 bridgehead atoms. The van der Waals surface area contributed by atoms with E-state index in [1.807, 2.05) is 26.0 Å². The molecule has 5 heteroatoms. The normalized spacial score (nSPS) is 16.4. The number of fused-ring (bicyclic) bond motifs is 1. The van der Waals surface area contributed by atoms with Crippen LogP contribution in [0, 0.1) is 0 Å². The SMILES string of the molecule is CC1(C)Cc2cc(-c3cc(N)no3)cc(Cl)c2O1. The lowest BCUT2D eigenvalue weighted by atomic mass is 9.99. The van der Waals surface area contributed by atoms with E-state index in [1.165, 1.54) is 0 Å². The van der Waals surface area contributed by atoms with E-state index in [0.29, 0.717) is 16.6 Å². The minimum Gasteiger partial charge on any atom is -0.486 e. The topological polar surface area (TPSA) is 61.3 Å². The molecule has 2 aromatic rings. The quantitative estimate of drug-likeness (QED) is 0.859. The summed E-state index contributed by atoms with van der Waals surface area (Å²) in [6.45, 7) is 4.07. The number of nitrogens with two attached hydrogens (primary N) is 1. The van der Waals surface area contributed by atoms with E-state index in [-0.39, 0.29) is 5.60 Å². The Bertz CT molecular complexity index is 619. The van der Waals surface area contributed by atoms with Gasteiger partial charge in [0.15, 0.2) is 11.6 Å². The molecule has 2 heterocycles. The number of nitrogen functional groups attached to an aromatic ring is 1. The Kier molecular flexibility index (Phi) is 2.32. The van der Waals surface area contributed by atoms with Crippen LogP contribution in [0.5, 0.6) is 5.75 Å². The Morgan fingerprint density at radius 1 is 1.33 bits per heavy atom. The summed E-state index contributed by atoms with van der Waals surface area (Å²) >= 11 is 6.24. The monoisotopic (exact) mass is 264 g/mol. The lowest BCUT2D eigenvalue weighted by molar-refractivity contribution is 0.138. The summed E-state index contributed by atoms with van der Waals surface area (Å²) < 4.78 is 11.0. The molecule has 94 valence electrons. The number of hydrogen-bond donors (Lipinski definition) is 1. The maximum absolute atomic E-state index is 6.24. The van der Waals surface area contributed by atoms with Gasteiger partial charge in [0.05, 0.1) is 5.02 Å². The number of benzene rings is 1. The number of hydrogen-bond acceptors (Lipinski definition) is 4. The smallest absolute Gasteiger partial charge is 0.169 e. The van der Waals surface area contributed by atoms with E-state index in [9.17, 15) is 0 Å². The summed E-state index contributed by atoms with van der Waals surface area (Å²) in [6.07, 6.45) is 0.819. The van der Waals surface area contributed by atoms with E-state index >= 15 is 0 Å². The van der Waals surface area contributed by atoms with Crippen molar-refractivity contribution in [2.75, 3.05) is 5.73 Å². The highest BCUT2D eigenvalue weighted by atomic mass is 35.5. The van der Waals surface area contributed by atoms with E-state index in [4.69, 9.17) is 26.6 Å². The minimum absolute atomic E-state index is 0.217.